The van der Waals surface area contributed by atoms with Gasteiger partial charge in [-0.15, -0.1) is 12.4 Å². The maximum atomic E-state index is 12.9. The summed E-state index contributed by atoms with van der Waals surface area (Å²) < 4.78 is 10.6. The predicted molar refractivity (Wildman–Crippen MR) is 91.8 cm³/mol. The van der Waals surface area contributed by atoms with Crippen LogP contribution >= 0.6 is 12.4 Å². The van der Waals surface area contributed by atoms with Gasteiger partial charge in [-0.3, -0.25) is 4.79 Å². The summed E-state index contributed by atoms with van der Waals surface area (Å²) >= 11 is 0. The summed E-state index contributed by atoms with van der Waals surface area (Å²) in [6, 6.07) is 5.38. The molecule has 0 aliphatic carbocycles. The number of ether oxygens (including phenoxy) is 2. The van der Waals surface area contributed by atoms with E-state index >= 15 is 0 Å². The number of rotatable bonds is 3. The fourth-order valence-electron chi connectivity index (χ4n) is 3.57. The molecule has 0 bridgehead atoms. The molecule has 2 heterocycles. The number of methoxy groups -OCH3 is 2. The number of fused-ring (bicyclic) bond motifs is 1. The third-order valence-electron chi connectivity index (χ3n) is 4.94. The number of carbonyl (C=O) groups is 1. The number of nitrogens with one attached hydrogen (secondary N) is 1. The minimum absolute atomic E-state index is 0. The van der Waals surface area contributed by atoms with Crippen molar-refractivity contribution < 1.29 is 14.3 Å². The van der Waals surface area contributed by atoms with E-state index in [4.69, 9.17) is 9.47 Å². The first-order chi connectivity index (χ1) is 10.7. The quantitative estimate of drug-likeness (QED) is 0.916. The van der Waals surface area contributed by atoms with Gasteiger partial charge >= 0.3 is 0 Å². The van der Waals surface area contributed by atoms with Gasteiger partial charge in [0.2, 0.25) is 0 Å². The topological polar surface area (TPSA) is 50.8 Å². The summed E-state index contributed by atoms with van der Waals surface area (Å²) in [4.78, 5) is 14.9. The van der Waals surface area contributed by atoms with E-state index in [9.17, 15) is 4.79 Å². The highest BCUT2D eigenvalue weighted by Gasteiger charge is 2.32. The Bertz CT molecular complexity index is 539. The van der Waals surface area contributed by atoms with Gasteiger partial charge in [0.25, 0.3) is 5.91 Å². The summed E-state index contributed by atoms with van der Waals surface area (Å²) in [5.74, 6) is 2.76. The zero-order chi connectivity index (χ0) is 15.5. The molecule has 1 aromatic carbocycles. The van der Waals surface area contributed by atoms with Crippen molar-refractivity contribution in [3.8, 4) is 11.5 Å². The van der Waals surface area contributed by atoms with Gasteiger partial charge in [-0.05, 0) is 56.0 Å². The summed E-state index contributed by atoms with van der Waals surface area (Å²) in [6.45, 7) is 3.83. The predicted octanol–water partition coefficient (Wildman–Crippen LogP) is 2.20. The maximum Gasteiger partial charge on any atom is 0.257 e. The summed E-state index contributed by atoms with van der Waals surface area (Å²) in [5.41, 5.74) is 0.590. The summed E-state index contributed by atoms with van der Waals surface area (Å²) in [7, 11) is 3.20. The molecule has 6 heteroatoms. The van der Waals surface area contributed by atoms with Gasteiger partial charge < -0.3 is 19.7 Å². The van der Waals surface area contributed by atoms with Gasteiger partial charge in [-0.2, -0.15) is 0 Å². The third kappa shape index (κ3) is 3.72. The number of amides is 1. The molecule has 2 atom stereocenters. The second-order valence-electron chi connectivity index (χ2n) is 6.11. The van der Waals surface area contributed by atoms with Crippen molar-refractivity contribution >= 4 is 18.3 Å². The summed E-state index contributed by atoms with van der Waals surface area (Å²) in [6.07, 6.45) is 2.16. The molecule has 128 valence electrons. The highest BCUT2D eigenvalue weighted by molar-refractivity contribution is 5.97. The van der Waals surface area contributed by atoms with Gasteiger partial charge in [0, 0.05) is 13.1 Å². The molecule has 1 aromatic rings. The third-order valence-corrected chi connectivity index (χ3v) is 4.94. The number of hydrogen-bond acceptors (Lipinski definition) is 4. The Balaban J connectivity index is 0.00000192. The number of halogens is 1. The van der Waals surface area contributed by atoms with Crippen molar-refractivity contribution in [2.24, 2.45) is 11.8 Å². The number of likely N-dealkylation sites (tertiary alicyclic amines) is 1. The van der Waals surface area contributed by atoms with E-state index in [2.05, 4.69) is 5.32 Å². The number of nitrogens with zero attached hydrogens (tertiary/aromatic N) is 1. The van der Waals surface area contributed by atoms with E-state index in [0.717, 1.165) is 39.0 Å². The lowest BCUT2D eigenvalue weighted by molar-refractivity contribution is 0.0754. The Labute approximate surface area is 143 Å². The highest BCUT2D eigenvalue weighted by Crippen LogP contribution is 2.30. The lowest BCUT2D eigenvalue weighted by atomic mass is 9.92. The van der Waals surface area contributed by atoms with E-state index in [-0.39, 0.29) is 18.3 Å². The Morgan fingerprint density at radius 3 is 2.35 bits per heavy atom. The van der Waals surface area contributed by atoms with Crippen LogP contribution in [-0.4, -0.2) is 51.2 Å². The van der Waals surface area contributed by atoms with Crippen LogP contribution in [0.15, 0.2) is 18.2 Å². The lowest BCUT2D eigenvalue weighted by Gasteiger charge is -2.22. The molecule has 2 saturated heterocycles. The zero-order valence-electron chi connectivity index (χ0n) is 13.7. The molecule has 5 nitrogen and oxygen atoms in total. The summed E-state index contributed by atoms with van der Waals surface area (Å²) in [5, 5.41) is 3.46. The molecule has 0 radical (unpaired) electrons. The van der Waals surface area contributed by atoms with Crippen LogP contribution < -0.4 is 14.8 Å². The molecule has 0 saturated carbocycles. The molecule has 0 aromatic heterocycles. The SMILES string of the molecule is COc1ccc(OC)c(C(=O)N2CC[C@@H]3CNC[C@@H]3CC2)c1.Cl. The first-order valence-electron chi connectivity index (χ1n) is 7.95. The van der Waals surface area contributed by atoms with Crippen molar-refractivity contribution in [3.05, 3.63) is 23.8 Å². The van der Waals surface area contributed by atoms with Crippen LogP contribution in [0.25, 0.3) is 0 Å². The molecule has 23 heavy (non-hydrogen) atoms. The van der Waals surface area contributed by atoms with E-state index in [1.54, 1.807) is 26.4 Å². The lowest BCUT2D eigenvalue weighted by Crippen LogP contribution is -2.33. The van der Waals surface area contributed by atoms with Crippen LogP contribution in [0.2, 0.25) is 0 Å². The minimum Gasteiger partial charge on any atom is -0.497 e. The van der Waals surface area contributed by atoms with Gasteiger partial charge in [0.1, 0.15) is 11.5 Å². The zero-order valence-corrected chi connectivity index (χ0v) is 14.5. The first kappa shape index (κ1) is 17.9. The van der Waals surface area contributed by atoms with Crippen LogP contribution in [0.4, 0.5) is 0 Å². The largest absolute Gasteiger partial charge is 0.497 e. The minimum atomic E-state index is 0. The molecule has 0 spiro atoms. The molecule has 1 N–H and O–H groups in total. The molecular weight excluding hydrogens is 316 g/mol. The number of carbonyl (C=O) groups excluding carboxylic acids is 1. The Kier molecular flexibility index (Phi) is 6.13. The molecule has 1 amide bonds. The van der Waals surface area contributed by atoms with Crippen molar-refractivity contribution in [3.63, 3.8) is 0 Å². The highest BCUT2D eigenvalue weighted by atomic mass is 35.5. The Morgan fingerprint density at radius 2 is 1.78 bits per heavy atom. The van der Waals surface area contributed by atoms with Crippen molar-refractivity contribution in [1.29, 1.82) is 0 Å². The monoisotopic (exact) mass is 340 g/mol. The van der Waals surface area contributed by atoms with E-state index < -0.39 is 0 Å². The number of hydrogen-bond donors (Lipinski definition) is 1. The fourth-order valence-corrected chi connectivity index (χ4v) is 3.57. The second-order valence-corrected chi connectivity index (χ2v) is 6.11. The van der Waals surface area contributed by atoms with E-state index in [1.165, 1.54) is 0 Å². The molecule has 3 rings (SSSR count). The average molecular weight is 341 g/mol. The average Bonchev–Trinajstić information content (AvgIpc) is 2.92. The normalized spacial score (nSPS) is 23.5. The van der Waals surface area contributed by atoms with Crippen LogP contribution in [0.5, 0.6) is 11.5 Å². The maximum absolute atomic E-state index is 12.9. The van der Waals surface area contributed by atoms with Crippen molar-refractivity contribution in [2.45, 2.75) is 12.8 Å². The smallest absolute Gasteiger partial charge is 0.257 e. The number of benzene rings is 1. The molecule has 2 fully saturated rings. The van der Waals surface area contributed by atoms with Crippen LogP contribution in [0.1, 0.15) is 23.2 Å². The van der Waals surface area contributed by atoms with Gasteiger partial charge in [-0.25, -0.2) is 0 Å². The van der Waals surface area contributed by atoms with Crippen molar-refractivity contribution in [2.75, 3.05) is 40.4 Å². The fraction of sp³-hybridized carbons (Fsp3) is 0.588. The standard InChI is InChI=1S/C17H24N2O3.ClH/c1-21-14-3-4-16(22-2)15(9-14)17(20)19-7-5-12-10-18-11-13(12)6-8-19;/h3-4,9,12-13,18H,5-8,10-11H2,1-2H3;1H/t12-,13+;. The van der Waals surface area contributed by atoms with Gasteiger partial charge in [0.05, 0.1) is 19.8 Å². The van der Waals surface area contributed by atoms with Gasteiger partial charge in [-0.1, -0.05) is 0 Å². The van der Waals surface area contributed by atoms with E-state index in [0.29, 0.717) is 28.9 Å². The first-order valence-corrected chi connectivity index (χ1v) is 7.95. The van der Waals surface area contributed by atoms with E-state index in [1.807, 2.05) is 11.0 Å². The van der Waals surface area contributed by atoms with Crippen LogP contribution in [0, 0.1) is 11.8 Å². The molecule has 2 aliphatic heterocycles. The van der Waals surface area contributed by atoms with Gasteiger partial charge in [0.15, 0.2) is 0 Å². The molecular formula is C17H25ClN2O3. The Hall–Kier alpha value is -1.46. The van der Waals surface area contributed by atoms with Crippen LogP contribution in [-0.2, 0) is 0 Å². The molecule has 2 aliphatic rings. The van der Waals surface area contributed by atoms with Crippen LogP contribution in [0.3, 0.4) is 0 Å². The Morgan fingerprint density at radius 1 is 1.13 bits per heavy atom. The molecule has 0 unspecified atom stereocenters. The van der Waals surface area contributed by atoms with Crippen molar-refractivity contribution in [1.82, 2.24) is 10.2 Å². The second kappa shape index (κ2) is 7.88.